The molecule has 3 aromatic carbocycles. The molecule has 9 heteroatoms. The number of benzene rings is 3. The van der Waals surface area contributed by atoms with E-state index in [-0.39, 0.29) is 10.5 Å². The van der Waals surface area contributed by atoms with Crippen molar-refractivity contribution in [2.24, 2.45) is 0 Å². The van der Waals surface area contributed by atoms with Crippen molar-refractivity contribution in [2.75, 3.05) is 11.8 Å². The van der Waals surface area contributed by atoms with Crippen molar-refractivity contribution >= 4 is 39.1 Å². The summed E-state index contributed by atoms with van der Waals surface area (Å²) in [5.74, 6) is -0.638. The molecule has 0 radical (unpaired) electrons. The van der Waals surface area contributed by atoms with E-state index in [1.165, 1.54) is 50.4 Å². The monoisotopic (exact) mass is 473 g/mol. The summed E-state index contributed by atoms with van der Waals surface area (Å²) in [6, 6.07) is 17.9. The summed E-state index contributed by atoms with van der Waals surface area (Å²) in [6.07, 6.45) is -1.07. The second-order valence-electron chi connectivity index (χ2n) is 6.78. The lowest BCUT2D eigenvalue weighted by molar-refractivity contribution is 0.0318. The molecule has 3 rings (SSSR count). The number of hydrogen-bond donors (Lipinski definition) is 1. The number of methoxy groups -OCH3 is 1. The fourth-order valence-electron chi connectivity index (χ4n) is 2.79. The van der Waals surface area contributed by atoms with E-state index in [9.17, 15) is 18.0 Å². The molecule has 0 bridgehead atoms. The van der Waals surface area contributed by atoms with Crippen molar-refractivity contribution in [3.63, 3.8) is 0 Å². The van der Waals surface area contributed by atoms with Gasteiger partial charge in [0.1, 0.15) is 5.75 Å². The van der Waals surface area contributed by atoms with Crippen molar-refractivity contribution < 1.29 is 27.5 Å². The van der Waals surface area contributed by atoms with E-state index in [1.54, 1.807) is 36.4 Å². The number of carbonyl (C=O) groups is 2. The van der Waals surface area contributed by atoms with Crippen LogP contribution in [0.25, 0.3) is 0 Å². The zero-order chi connectivity index (χ0) is 23.3. The van der Waals surface area contributed by atoms with E-state index in [4.69, 9.17) is 21.1 Å². The summed E-state index contributed by atoms with van der Waals surface area (Å²) in [5.41, 5.74) is 0.675. The fourth-order valence-corrected chi connectivity index (χ4v) is 4.02. The highest BCUT2D eigenvalue weighted by Gasteiger charge is 2.22. The largest absolute Gasteiger partial charge is 0.497 e. The molecule has 0 saturated carbocycles. The summed E-state index contributed by atoms with van der Waals surface area (Å²) in [5, 5.41) is 0.479. The fraction of sp³-hybridized carbons (Fsp3) is 0.130. The Bertz CT molecular complexity index is 1220. The lowest BCUT2D eigenvalue weighted by Gasteiger charge is -2.13. The van der Waals surface area contributed by atoms with Gasteiger partial charge in [-0.3, -0.25) is 9.52 Å². The zero-order valence-corrected chi connectivity index (χ0v) is 18.8. The van der Waals surface area contributed by atoms with Crippen LogP contribution in [-0.2, 0) is 14.8 Å². The molecule has 0 saturated heterocycles. The number of carbonyl (C=O) groups excluding carboxylic acids is 2. The number of sulfonamides is 1. The van der Waals surface area contributed by atoms with Crippen molar-refractivity contribution in [2.45, 2.75) is 17.9 Å². The van der Waals surface area contributed by atoms with Crippen LogP contribution in [0, 0.1) is 0 Å². The molecule has 1 N–H and O–H groups in total. The summed E-state index contributed by atoms with van der Waals surface area (Å²) in [7, 11) is -2.45. The van der Waals surface area contributed by atoms with Gasteiger partial charge in [0.2, 0.25) is 5.78 Å². The Morgan fingerprint density at radius 3 is 2.22 bits per heavy atom. The van der Waals surface area contributed by atoms with Gasteiger partial charge in [-0.2, -0.15) is 0 Å². The highest BCUT2D eigenvalue weighted by Crippen LogP contribution is 2.21. The van der Waals surface area contributed by atoms with Gasteiger partial charge in [-0.15, -0.1) is 0 Å². The second-order valence-corrected chi connectivity index (χ2v) is 8.90. The van der Waals surface area contributed by atoms with Gasteiger partial charge in [0.05, 0.1) is 17.6 Å². The van der Waals surface area contributed by atoms with Crippen LogP contribution in [0.4, 0.5) is 5.69 Å². The van der Waals surface area contributed by atoms with Gasteiger partial charge in [-0.25, -0.2) is 13.2 Å². The average Bonchev–Trinajstić information content (AvgIpc) is 2.79. The Balaban J connectivity index is 1.73. The third kappa shape index (κ3) is 5.66. The molecule has 0 spiro atoms. The smallest absolute Gasteiger partial charge is 0.338 e. The molecule has 0 aliphatic carbocycles. The van der Waals surface area contributed by atoms with Gasteiger partial charge in [0.25, 0.3) is 10.0 Å². The molecule has 0 aliphatic heterocycles. The summed E-state index contributed by atoms with van der Waals surface area (Å²) in [4.78, 5) is 24.9. The molecule has 0 aliphatic rings. The maximum absolute atomic E-state index is 12.7. The highest BCUT2D eigenvalue weighted by molar-refractivity contribution is 7.92. The highest BCUT2D eigenvalue weighted by atomic mass is 35.5. The van der Waals surface area contributed by atoms with Crippen LogP contribution in [-0.4, -0.2) is 33.4 Å². The van der Waals surface area contributed by atoms with Crippen molar-refractivity contribution in [3.05, 3.63) is 88.9 Å². The molecule has 7 nitrogen and oxygen atoms in total. The van der Waals surface area contributed by atoms with E-state index in [2.05, 4.69) is 4.72 Å². The van der Waals surface area contributed by atoms with Crippen LogP contribution >= 0.6 is 11.6 Å². The van der Waals surface area contributed by atoms with Gasteiger partial charge in [0.15, 0.2) is 6.10 Å². The van der Waals surface area contributed by atoms with Gasteiger partial charge in [-0.1, -0.05) is 17.7 Å². The maximum Gasteiger partial charge on any atom is 0.338 e. The summed E-state index contributed by atoms with van der Waals surface area (Å²) < 4.78 is 38.2. The number of ether oxygens (including phenoxy) is 2. The van der Waals surface area contributed by atoms with Gasteiger partial charge < -0.3 is 9.47 Å². The standard InChI is InChI=1S/C23H20ClNO6S/c1-15(22(26)16-6-8-18(24)9-7-16)31-23(27)17-4-3-5-21(14-17)32(28,29)25-19-10-12-20(30-2)13-11-19/h3-15,25H,1-2H3. The van der Waals surface area contributed by atoms with Crippen LogP contribution in [0.1, 0.15) is 27.6 Å². The number of rotatable bonds is 8. The predicted molar refractivity (Wildman–Crippen MR) is 121 cm³/mol. The van der Waals surface area contributed by atoms with E-state index < -0.39 is 27.9 Å². The molecule has 0 aromatic heterocycles. The summed E-state index contributed by atoms with van der Waals surface area (Å²) >= 11 is 5.82. The number of esters is 1. The maximum atomic E-state index is 12.7. The number of ketones is 1. The van der Waals surface area contributed by atoms with Gasteiger partial charge in [-0.05, 0) is 73.7 Å². The topological polar surface area (TPSA) is 98.8 Å². The van der Waals surface area contributed by atoms with Crippen molar-refractivity contribution in [3.8, 4) is 5.75 Å². The van der Waals surface area contributed by atoms with Crippen LogP contribution in [0.2, 0.25) is 5.02 Å². The molecular weight excluding hydrogens is 454 g/mol. The minimum atomic E-state index is -3.96. The van der Waals surface area contributed by atoms with E-state index in [1.807, 2.05) is 0 Å². The third-order valence-corrected chi connectivity index (χ3v) is 6.13. The number of hydrogen-bond acceptors (Lipinski definition) is 6. The van der Waals surface area contributed by atoms with E-state index >= 15 is 0 Å². The second kappa shape index (κ2) is 9.84. The number of Topliss-reactive ketones (excluding diaryl/α,β-unsaturated/α-hetero) is 1. The predicted octanol–water partition coefficient (Wildman–Crippen LogP) is 4.58. The lowest BCUT2D eigenvalue weighted by Crippen LogP contribution is -2.24. The zero-order valence-electron chi connectivity index (χ0n) is 17.2. The summed E-state index contributed by atoms with van der Waals surface area (Å²) in [6.45, 7) is 1.45. The Morgan fingerprint density at radius 2 is 1.59 bits per heavy atom. The van der Waals surface area contributed by atoms with Crippen LogP contribution in [0.5, 0.6) is 5.75 Å². The normalized spacial score (nSPS) is 12.0. The van der Waals surface area contributed by atoms with Gasteiger partial charge in [0, 0.05) is 16.3 Å². The molecule has 0 heterocycles. The SMILES string of the molecule is COc1ccc(NS(=O)(=O)c2cccc(C(=O)OC(C)C(=O)c3ccc(Cl)cc3)c2)cc1. The molecule has 3 aromatic rings. The first-order chi connectivity index (χ1) is 15.2. The molecule has 0 amide bonds. The Labute approximate surface area is 191 Å². The van der Waals surface area contributed by atoms with Crippen molar-refractivity contribution in [1.29, 1.82) is 0 Å². The molecule has 1 atom stereocenters. The average molecular weight is 474 g/mol. The molecule has 32 heavy (non-hydrogen) atoms. The number of nitrogens with one attached hydrogen (secondary N) is 1. The Kier molecular flexibility index (Phi) is 7.17. The molecular formula is C23H20ClNO6S. The Morgan fingerprint density at radius 1 is 0.938 bits per heavy atom. The Hall–Kier alpha value is -3.36. The van der Waals surface area contributed by atoms with Crippen LogP contribution in [0.3, 0.4) is 0 Å². The number of anilines is 1. The quantitative estimate of drug-likeness (QED) is 0.380. The van der Waals surface area contributed by atoms with Crippen LogP contribution in [0.15, 0.2) is 77.7 Å². The van der Waals surface area contributed by atoms with Gasteiger partial charge >= 0.3 is 5.97 Å². The molecule has 0 fully saturated rings. The first-order valence-electron chi connectivity index (χ1n) is 9.47. The molecule has 1 unspecified atom stereocenters. The minimum Gasteiger partial charge on any atom is -0.497 e. The first-order valence-corrected chi connectivity index (χ1v) is 11.3. The van der Waals surface area contributed by atoms with E-state index in [0.29, 0.717) is 22.0 Å². The van der Waals surface area contributed by atoms with Crippen molar-refractivity contribution in [1.82, 2.24) is 0 Å². The first kappa shape index (κ1) is 23.3. The lowest BCUT2D eigenvalue weighted by atomic mass is 10.1. The van der Waals surface area contributed by atoms with E-state index in [0.717, 1.165) is 0 Å². The number of halogens is 1. The minimum absolute atomic E-state index is 0.00152. The molecule has 166 valence electrons. The third-order valence-electron chi connectivity index (χ3n) is 4.50. The van der Waals surface area contributed by atoms with Crippen LogP contribution < -0.4 is 9.46 Å².